The molecule has 0 N–H and O–H groups in total. The number of rotatable bonds is 22. The Bertz CT molecular complexity index is 783. The minimum Gasteiger partial charge on any atom is -0.377 e. The highest BCUT2D eigenvalue weighted by Crippen LogP contribution is 2.17. The van der Waals surface area contributed by atoms with E-state index in [4.69, 9.17) is 14.2 Å². The van der Waals surface area contributed by atoms with Crippen molar-refractivity contribution in [3.63, 3.8) is 0 Å². The SMILES string of the molecule is c1ccc(COCCCCCCCCCCCCCCCCc2ccc(COC3CCCCO3)cc2)cc1. The van der Waals surface area contributed by atoms with Crippen LogP contribution in [0.2, 0.25) is 0 Å². The molecule has 0 radical (unpaired) electrons. The van der Waals surface area contributed by atoms with E-state index in [9.17, 15) is 0 Å². The van der Waals surface area contributed by atoms with Gasteiger partial charge in [-0.2, -0.15) is 0 Å². The Morgan fingerprint density at radius 2 is 1.11 bits per heavy atom. The maximum absolute atomic E-state index is 5.89. The van der Waals surface area contributed by atoms with Crippen LogP contribution in [0.3, 0.4) is 0 Å². The molecule has 1 unspecified atom stereocenters. The van der Waals surface area contributed by atoms with E-state index in [0.29, 0.717) is 6.61 Å². The van der Waals surface area contributed by atoms with Crippen molar-refractivity contribution in [3.8, 4) is 0 Å². The van der Waals surface area contributed by atoms with Gasteiger partial charge in [-0.15, -0.1) is 0 Å². The first-order valence-electron chi connectivity index (χ1n) is 15.8. The second kappa shape index (κ2) is 21.2. The van der Waals surface area contributed by atoms with Gasteiger partial charge in [0.2, 0.25) is 0 Å². The number of unbranched alkanes of at least 4 members (excludes halogenated alkanes) is 13. The van der Waals surface area contributed by atoms with Crippen molar-refractivity contribution >= 4 is 0 Å². The summed E-state index contributed by atoms with van der Waals surface area (Å²) < 4.78 is 17.3. The quantitative estimate of drug-likeness (QED) is 0.144. The standard InChI is InChI=1S/C35H54O3/c1(2-4-6-8-10-12-18-28-36-30-33-21-15-13-16-22-33)3-5-7-9-11-14-20-32-24-26-34(27-25-32)31-38-35-23-17-19-29-37-35/h13,15-16,21-22,24-27,35H,1-12,14,17-20,23,28-31H2. The Morgan fingerprint density at radius 1 is 0.553 bits per heavy atom. The van der Waals surface area contributed by atoms with Crippen LogP contribution in [0, 0.1) is 0 Å². The number of hydrogen-bond acceptors (Lipinski definition) is 3. The van der Waals surface area contributed by atoms with Gasteiger partial charge in [-0.25, -0.2) is 0 Å². The summed E-state index contributed by atoms with van der Waals surface area (Å²) in [5, 5.41) is 0. The van der Waals surface area contributed by atoms with E-state index in [1.54, 1.807) is 0 Å². The van der Waals surface area contributed by atoms with Gasteiger partial charge in [-0.3, -0.25) is 0 Å². The lowest BCUT2D eigenvalue weighted by Crippen LogP contribution is -2.21. The van der Waals surface area contributed by atoms with Gasteiger partial charge in [0, 0.05) is 13.2 Å². The van der Waals surface area contributed by atoms with Crippen LogP contribution in [0.4, 0.5) is 0 Å². The molecule has 1 heterocycles. The molecule has 0 saturated carbocycles. The molecule has 1 saturated heterocycles. The third kappa shape index (κ3) is 15.0. The lowest BCUT2D eigenvalue weighted by Gasteiger charge is -2.22. The van der Waals surface area contributed by atoms with Crippen molar-refractivity contribution in [2.45, 2.75) is 135 Å². The second-order valence-corrected chi connectivity index (χ2v) is 11.2. The molecule has 1 atom stereocenters. The maximum Gasteiger partial charge on any atom is 0.158 e. The highest BCUT2D eigenvalue weighted by atomic mass is 16.7. The van der Waals surface area contributed by atoms with E-state index in [2.05, 4.69) is 54.6 Å². The molecule has 2 aromatic carbocycles. The highest BCUT2D eigenvalue weighted by Gasteiger charge is 2.13. The predicted octanol–water partition coefficient (Wildman–Crippen LogP) is 9.95. The fourth-order valence-electron chi connectivity index (χ4n) is 5.25. The summed E-state index contributed by atoms with van der Waals surface area (Å²) in [4.78, 5) is 0. The van der Waals surface area contributed by atoms with Crippen molar-refractivity contribution in [1.29, 1.82) is 0 Å². The second-order valence-electron chi connectivity index (χ2n) is 11.2. The van der Waals surface area contributed by atoms with E-state index in [1.807, 2.05) is 0 Å². The van der Waals surface area contributed by atoms with Crippen LogP contribution in [-0.4, -0.2) is 19.5 Å². The fraction of sp³-hybridized carbons (Fsp3) is 0.657. The summed E-state index contributed by atoms with van der Waals surface area (Å²) in [6, 6.07) is 19.5. The summed E-state index contributed by atoms with van der Waals surface area (Å²) >= 11 is 0. The lowest BCUT2D eigenvalue weighted by atomic mass is 10.0. The average molecular weight is 523 g/mol. The van der Waals surface area contributed by atoms with Crippen LogP contribution >= 0.6 is 0 Å². The minimum atomic E-state index is 0.000413. The van der Waals surface area contributed by atoms with Gasteiger partial charge in [-0.1, -0.05) is 132 Å². The first-order chi connectivity index (χ1) is 18.9. The topological polar surface area (TPSA) is 27.7 Å². The van der Waals surface area contributed by atoms with Crippen LogP contribution in [0.5, 0.6) is 0 Å². The monoisotopic (exact) mass is 522 g/mol. The largest absolute Gasteiger partial charge is 0.377 e. The molecular weight excluding hydrogens is 468 g/mol. The molecule has 0 amide bonds. The summed E-state index contributed by atoms with van der Waals surface area (Å²) in [7, 11) is 0. The molecule has 1 aliphatic heterocycles. The Labute approximate surface area is 233 Å². The first kappa shape index (κ1) is 30.9. The molecule has 1 aliphatic rings. The van der Waals surface area contributed by atoms with Gasteiger partial charge in [-0.05, 0) is 55.2 Å². The third-order valence-corrected chi connectivity index (χ3v) is 7.71. The fourth-order valence-corrected chi connectivity index (χ4v) is 5.25. The number of benzene rings is 2. The van der Waals surface area contributed by atoms with Crippen molar-refractivity contribution in [2.75, 3.05) is 13.2 Å². The Hall–Kier alpha value is -1.68. The van der Waals surface area contributed by atoms with Gasteiger partial charge >= 0.3 is 0 Å². The zero-order chi connectivity index (χ0) is 26.4. The lowest BCUT2D eigenvalue weighted by molar-refractivity contribution is -0.168. The molecule has 2 aromatic rings. The molecule has 0 spiro atoms. The maximum atomic E-state index is 5.89. The van der Waals surface area contributed by atoms with E-state index in [0.717, 1.165) is 26.2 Å². The molecule has 0 aliphatic carbocycles. The molecule has 212 valence electrons. The van der Waals surface area contributed by atoms with Crippen LogP contribution < -0.4 is 0 Å². The van der Waals surface area contributed by atoms with Crippen LogP contribution in [-0.2, 0) is 33.8 Å². The Balaban J connectivity index is 1.02. The van der Waals surface area contributed by atoms with E-state index in [-0.39, 0.29) is 6.29 Å². The van der Waals surface area contributed by atoms with Crippen molar-refractivity contribution in [2.24, 2.45) is 0 Å². The molecule has 38 heavy (non-hydrogen) atoms. The van der Waals surface area contributed by atoms with E-state index in [1.165, 1.54) is 126 Å². The van der Waals surface area contributed by atoms with Gasteiger partial charge in [0.05, 0.1) is 13.2 Å². The van der Waals surface area contributed by atoms with Gasteiger partial charge < -0.3 is 14.2 Å². The number of ether oxygens (including phenoxy) is 3. The summed E-state index contributed by atoms with van der Waals surface area (Å²) in [6.45, 7) is 3.16. The zero-order valence-corrected chi connectivity index (χ0v) is 24.1. The van der Waals surface area contributed by atoms with Crippen LogP contribution in [0.1, 0.15) is 126 Å². The molecule has 0 bridgehead atoms. The molecule has 1 fully saturated rings. The number of aryl methyl sites for hydroxylation is 1. The predicted molar refractivity (Wildman–Crippen MR) is 159 cm³/mol. The van der Waals surface area contributed by atoms with E-state index >= 15 is 0 Å². The smallest absolute Gasteiger partial charge is 0.158 e. The molecule has 0 aromatic heterocycles. The van der Waals surface area contributed by atoms with Gasteiger partial charge in [0.15, 0.2) is 6.29 Å². The van der Waals surface area contributed by atoms with Crippen molar-refractivity contribution in [3.05, 3.63) is 71.3 Å². The molecular formula is C35H54O3. The van der Waals surface area contributed by atoms with Crippen LogP contribution in [0.25, 0.3) is 0 Å². The number of hydrogen-bond donors (Lipinski definition) is 0. The Kier molecular flexibility index (Phi) is 17.2. The molecule has 3 rings (SSSR count). The van der Waals surface area contributed by atoms with Gasteiger partial charge in [0.25, 0.3) is 0 Å². The van der Waals surface area contributed by atoms with Crippen LogP contribution in [0.15, 0.2) is 54.6 Å². The van der Waals surface area contributed by atoms with E-state index < -0.39 is 0 Å². The molecule has 3 nitrogen and oxygen atoms in total. The normalized spacial score (nSPS) is 15.6. The summed E-state index contributed by atoms with van der Waals surface area (Å²) in [5.41, 5.74) is 3.99. The highest BCUT2D eigenvalue weighted by molar-refractivity contribution is 5.22. The average Bonchev–Trinajstić information content (AvgIpc) is 2.97. The summed E-state index contributed by atoms with van der Waals surface area (Å²) in [6.07, 6.45) is 23.9. The van der Waals surface area contributed by atoms with Crippen molar-refractivity contribution in [1.82, 2.24) is 0 Å². The molecule has 3 heteroatoms. The van der Waals surface area contributed by atoms with Gasteiger partial charge in [0.1, 0.15) is 0 Å². The summed E-state index contributed by atoms with van der Waals surface area (Å²) in [5.74, 6) is 0. The third-order valence-electron chi connectivity index (χ3n) is 7.71. The van der Waals surface area contributed by atoms with Crippen molar-refractivity contribution < 1.29 is 14.2 Å². The Morgan fingerprint density at radius 3 is 1.71 bits per heavy atom. The zero-order valence-electron chi connectivity index (χ0n) is 24.1. The first-order valence-corrected chi connectivity index (χ1v) is 15.8. The minimum absolute atomic E-state index is 0.000413.